The van der Waals surface area contributed by atoms with Gasteiger partial charge in [-0.1, -0.05) is 46.5 Å². The summed E-state index contributed by atoms with van der Waals surface area (Å²) in [5.74, 6) is 6.64. The molecule has 0 radical (unpaired) electrons. The van der Waals surface area contributed by atoms with Gasteiger partial charge in [-0.15, -0.1) is 0 Å². The highest BCUT2D eigenvalue weighted by atomic mass is 15.4. The Morgan fingerprint density at radius 3 is 2.47 bits per heavy atom. The number of hydrogen-bond donors (Lipinski definition) is 2. The van der Waals surface area contributed by atoms with Crippen molar-refractivity contribution in [3.63, 3.8) is 0 Å². The summed E-state index contributed by atoms with van der Waals surface area (Å²) >= 11 is 0. The molecular formula is C14H31N3. The highest BCUT2D eigenvalue weighted by Gasteiger charge is 1.98. The van der Waals surface area contributed by atoms with Gasteiger partial charge in [-0.3, -0.25) is 0 Å². The Morgan fingerprint density at radius 2 is 1.88 bits per heavy atom. The Bertz CT molecular complexity index is 200. The Hall–Kier alpha value is -0.700. The first-order valence-electron chi connectivity index (χ1n) is 7.03. The number of rotatable bonds is 10. The number of unbranched alkanes of at least 4 members (excludes halogenated alkanes) is 3. The lowest BCUT2D eigenvalue weighted by Gasteiger charge is -2.14. The first-order valence-corrected chi connectivity index (χ1v) is 7.03. The minimum Gasteiger partial charge on any atom is -0.401 e. The summed E-state index contributed by atoms with van der Waals surface area (Å²) < 4.78 is 0. The molecule has 0 aliphatic rings. The fourth-order valence-corrected chi connectivity index (χ4v) is 1.77. The Morgan fingerprint density at radius 1 is 1.18 bits per heavy atom. The molecule has 0 aromatic carbocycles. The monoisotopic (exact) mass is 241 g/mol. The Kier molecular flexibility index (Phi) is 10.0. The molecule has 3 nitrogen and oxygen atoms in total. The van der Waals surface area contributed by atoms with E-state index in [1.807, 2.05) is 6.20 Å². The fraction of sp³-hybridized carbons (Fsp3) is 0.857. The van der Waals surface area contributed by atoms with Crippen LogP contribution in [0, 0.1) is 5.92 Å². The van der Waals surface area contributed by atoms with Crippen LogP contribution in [0.1, 0.15) is 65.7 Å². The van der Waals surface area contributed by atoms with Gasteiger partial charge in [0.15, 0.2) is 0 Å². The van der Waals surface area contributed by atoms with Crippen LogP contribution in [-0.4, -0.2) is 11.6 Å². The zero-order chi connectivity index (χ0) is 13.1. The molecule has 0 atom stereocenters. The lowest BCUT2D eigenvalue weighted by molar-refractivity contribution is 0.375. The lowest BCUT2D eigenvalue weighted by Crippen LogP contribution is -2.27. The van der Waals surface area contributed by atoms with Crippen LogP contribution in [0.3, 0.4) is 0 Å². The second kappa shape index (κ2) is 10.5. The van der Waals surface area contributed by atoms with Crippen molar-refractivity contribution in [1.82, 2.24) is 5.01 Å². The molecule has 0 spiro atoms. The summed E-state index contributed by atoms with van der Waals surface area (Å²) in [6, 6.07) is 0. The van der Waals surface area contributed by atoms with E-state index in [-0.39, 0.29) is 0 Å². The van der Waals surface area contributed by atoms with Crippen LogP contribution >= 0.6 is 0 Å². The summed E-state index contributed by atoms with van der Waals surface area (Å²) in [4.78, 5) is 0. The van der Waals surface area contributed by atoms with Crippen molar-refractivity contribution >= 4 is 0 Å². The van der Waals surface area contributed by atoms with Gasteiger partial charge < -0.3 is 10.7 Å². The van der Waals surface area contributed by atoms with E-state index in [1.165, 1.54) is 32.1 Å². The predicted octanol–water partition coefficient (Wildman–Crippen LogP) is 3.37. The van der Waals surface area contributed by atoms with Crippen molar-refractivity contribution in [2.24, 2.45) is 17.5 Å². The van der Waals surface area contributed by atoms with E-state index >= 15 is 0 Å². The standard InChI is InChI=1S/C14H31N3/c1-4-5-8-11-17(16)12-14(15)10-7-6-9-13(2)3/h12-13H,4-11,15-16H2,1-3H3/b14-12-. The maximum absolute atomic E-state index is 5.94. The predicted molar refractivity (Wildman–Crippen MR) is 76.0 cm³/mol. The molecule has 0 aliphatic heterocycles. The minimum absolute atomic E-state index is 0.792. The third-order valence-electron chi connectivity index (χ3n) is 2.85. The highest BCUT2D eigenvalue weighted by molar-refractivity contribution is 4.94. The lowest BCUT2D eigenvalue weighted by atomic mass is 10.0. The smallest absolute Gasteiger partial charge is 0.0342 e. The molecule has 0 saturated heterocycles. The van der Waals surface area contributed by atoms with E-state index in [2.05, 4.69) is 20.8 Å². The molecule has 17 heavy (non-hydrogen) atoms. The molecule has 0 amide bonds. The third-order valence-corrected chi connectivity index (χ3v) is 2.85. The summed E-state index contributed by atoms with van der Waals surface area (Å²) in [7, 11) is 0. The molecule has 3 heteroatoms. The third kappa shape index (κ3) is 11.6. The molecule has 0 heterocycles. The second-order valence-corrected chi connectivity index (χ2v) is 5.29. The number of hydrazine groups is 1. The summed E-state index contributed by atoms with van der Waals surface area (Å²) in [6.07, 6.45) is 10.2. The van der Waals surface area contributed by atoms with Crippen LogP contribution in [0.2, 0.25) is 0 Å². The van der Waals surface area contributed by atoms with Gasteiger partial charge in [0.05, 0.1) is 0 Å². The average molecular weight is 241 g/mol. The molecule has 0 aliphatic carbocycles. The quantitative estimate of drug-likeness (QED) is 0.350. The zero-order valence-electron chi connectivity index (χ0n) is 11.9. The molecule has 0 rings (SSSR count). The van der Waals surface area contributed by atoms with Crippen molar-refractivity contribution in [2.45, 2.75) is 65.7 Å². The fourth-order valence-electron chi connectivity index (χ4n) is 1.77. The van der Waals surface area contributed by atoms with Gasteiger partial charge in [-0.2, -0.15) is 0 Å². The maximum Gasteiger partial charge on any atom is 0.0342 e. The molecule has 0 aromatic heterocycles. The largest absolute Gasteiger partial charge is 0.401 e. The van der Waals surface area contributed by atoms with Gasteiger partial charge in [0, 0.05) is 18.4 Å². The summed E-state index contributed by atoms with van der Waals surface area (Å²) in [6.45, 7) is 7.61. The minimum atomic E-state index is 0.792. The van der Waals surface area contributed by atoms with Crippen LogP contribution in [0.15, 0.2) is 11.9 Å². The Balaban J connectivity index is 3.61. The molecule has 0 aromatic rings. The molecule has 0 unspecified atom stereocenters. The highest BCUT2D eigenvalue weighted by Crippen LogP contribution is 2.10. The van der Waals surface area contributed by atoms with Crippen molar-refractivity contribution in [3.05, 3.63) is 11.9 Å². The molecular weight excluding hydrogens is 210 g/mol. The van der Waals surface area contributed by atoms with Crippen LogP contribution in [0.4, 0.5) is 0 Å². The molecule has 102 valence electrons. The molecule has 0 saturated carbocycles. The van der Waals surface area contributed by atoms with Gasteiger partial charge in [0.2, 0.25) is 0 Å². The second-order valence-electron chi connectivity index (χ2n) is 5.29. The summed E-state index contributed by atoms with van der Waals surface area (Å²) in [5.41, 5.74) is 6.85. The number of nitrogens with zero attached hydrogens (tertiary/aromatic N) is 1. The van der Waals surface area contributed by atoms with Crippen molar-refractivity contribution in [2.75, 3.05) is 6.54 Å². The average Bonchev–Trinajstić information content (AvgIpc) is 2.24. The first-order chi connectivity index (χ1) is 8.06. The van der Waals surface area contributed by atoms with Gasteiger partial charge >= 0.3 is 0 Å². The summed E-state index contributed by atoms with van der Waals surface area (Å²) in [5, 5.41) is 1.73. The number of nitrogens with two attached hydrogens (primary N) is 2. The zero-order valence-corrected chi connectivity index (χ0v) is 11.9. The maximum atomic E-state index is 5.94. The van der Waals surface area contributed by atoms with E-state index < -0.39 is 0 Å². The van der Waals surface area contributed by atoms with E-state index in [9.17, 15) is 0 Å². The first kappa shape index (κ1) is 16.3. The van der Waals surface area contributed by atoms with Gasteiger partial charge in [0.1, 0.15) is 0 Å². The van der Waals surface area contributed by atoms with E-state index in [1.54, 1.807) is 5.01 Å². The number of allylic oxidation sites excluding steroid dienone is 1. The normalized spacial score (nSPS) is 12.2. The van der Waals surface area contributed by atoms with Gasteiger partial charge in [-0.05, 0) is 25.2 Å². The van der Waals surface area contributed by atoms with E-state index in [0.717, 1.165) is 31.0 Å². The molecule has 4 N–H and O–H groups in total. The SMILES string of the molecule is CCCCCN(N)/C=C(\N)CCCCC(C)C. The van der Waals surface area contributed by atoms with Gasteiger partial charge in [-0.25, -0.2) is 5.84 Å². The number of hydrogen-bond acceptors (Lipinski definition) is 3. The van der Waals surface area contributed by atoms with Crippen LogP contribution < -0.4 is 11.6 Å². The van der Waals surface area contributed by atoms with Crippen LogP contribution in [-0.2, 0) is 0 Å². The van der Waals surface area contributed by atoms with Crippen molar-refractivity contribution in [3.8, 4) is 0 Å². The van der Waals surface area contributed by atoms with E-state index in [0.29, 0.717) is 0 Å². The van der Waals surface area contributed by atoms with Crippen LogP contribution in [0.5, 0.6) is 0 Å². The van der Waals surface area contributed by atoms with Gasteiger partial charge in [0.25, 0.3) is 0 Å². The van der Waals surface area contributed by atoms with E-state index in [4.69, 9.17) is 11.6 Å². The molecule has 0 bridgehead atoms. The Labute approximate surface area is 107 Å². The van der Waals surface area contributed by atoms with Crippen LogP contribution in [0.25, 0.3) is 0 Å². The topological polar surface area (TPSA) is 55.3 Å². The van der Waals surface area contributed by atoms with Crippen molar-refractivity contribution in [1.29, 1.82) is 0 Å². The van der Waals surface area contributed by atoms with Crippen molar-refractivity contribution < 1.29 is 0 Å². The molecule has 0 fully saturated rings.